The molecule has 0 saturated heterocycles. The smallest absolute Gasteiger partial charge is 0.240 e. The molecule has 1 fully saturated rings. The Morgan fingerprint density at radius 2 is 1.90 bits per heavy atom. The minimum atomic E-state index is -0.360. The molecule has 1 atom stereocenters. The minimum Gasteiger partial charge on any atom is -0.334 e. The number of hydrogen-bond donors (Lipinski definition) is 1. The van der Waals surface area contributed by atoms with Crippen LogP contribution in [0.4, 0.5) is 0 Å². The second-order valence-corrected chi connectivity index (χ2v) is 6.42. The second-order valence-electron chi connectivity index (χ2n) is 6.42. The highest BCUT2D eigenvalue weighted by Crippen LogP contribution is 2.29. The fourth-order valence-electron chi connectivity index (χ4n) is 2.49. The van der Waals surface area contributed by atoms with Crippen molar-refractivity contribution in [3.8, 4) is 0 Å². The van der Waals surface area contributed by atoms with Gasteiger partial charge in [0.15, 0.2) is 0 Å². The van der Waals surface area contributed by atoms with Gasteiger partial charge in [0.25, 0.3) is 0 Å². The highest BCUT2D eigenvalue weighted by molar-refractivity contribution is 5.82. The first kappa shape index (κ1) is 15.0. The first-order chi connectivity index (χ1) is 9.47. The third-order valence-electron chi connectivity index (χ3n) is 3.79. The molecule has 1 saturated carbocycles. The SMILES string of the molecule is Cc1ccc(CN(C(=O)C(N)CC(C)C)C2CC2)cc1. The van der Waals surface area contributed by atoms with E-state index in [-0.39, 0.29) is 11.9 Å². The van der Waals surface area contributed by atoms with Crippen molar-refractivity contribution >= 4 is 5.91 Å². The van der Waals surface area contributed by atoms with Gasteiger partial charge in [0.2, 0.25) is 5.91 Å². The van der Waals surface area contributed by atoms with E-state index in [2.05, 4.69) is 45.0 Å². The van der Waals surface area contributed by atoms with Gasteiger partial charge in [-0.05, 0) is 37.7 Å². The number of aryl methyl sites for hydroxylation is 1. The summed E-state index contributed by atoms with van der Waals surface area (Å²) < 4.78 is 0. The molecule has 0 aromatic heterocycles. The molecule has 1 aromatic rings. The van der Waals surface area contributed by atoms with Crippen molar-refractivity contribution in [2.45, 2.75) is 58.7 Å². The number of carbonyl (C=O) groups excluding carboxylic acids is 1. The zero-order valence-electron chi connectivity index (χ0n) is 12.8. The zero-order valence-corrected chi connectivity index (χ0v) is 12.8. The lowest BCUT2D eigenvalue weighted by molar-refractivity contribution is -0.134. The third-order valence-corrected chi connectivity index (χ3v) is 3.79. The number of carbonyl (C=O) groups is 1. The molecular formula is C17H26N2O. The molecule has 20 heavy (non-hydrogen) atoms. The van der Waals surface area contributed by atoms with Gasteiger partial charge in [-0.3, -0.25) is 4.79 Å². The normalized spacial score (nSPS) is 16.2. The van der Waals surface area contributed by atoms with E-state index in [9.17, 15) is 4.79 Å². The Hall–Kier alpha value is -1.35. The van der Waals surface area contributed by atoms with Crippen molar-refractivity contribution in [1.29, 1.82) is 0 Å². The quantitative estimate of drug-likeness (QED) is 0.867. The fourth-order valence-corrected chi connectivity index (χ4v) is 2.49. The Bertz CT molecular complexity index is 449. The Morgan fingerprint density at radius 1 is 1.30 bits per heavy atom. The van der Waals surface area contributed by atoms with E-state index in [1.54, 1.807) is 0 Å². The van der Waals surface area contributed by atoms with Crippen LogP contribution in [-0.4, -0.2) is 22.9 Å². The monoisotopic (exact) mass is 274 g/mol. The van der Waals surface area contributed by atoms with Gasteiger partial charge < -0.3 is 10.6 Å². The second kappa shape index (κ2) is 6.40. The van der Waals surface area contributed by atoms with Crippen LogP contribution in [0.15, 0.2) is 24.3 Å². The highest BCUT2D eigenvalue weighted by Gasteiger charge is 2.34. The van der Waals surface area contributed by atoms with Gasteiger partial charge in [-0.1, -0.05) is 43.7 Å². The van der Waals surface area contributed by atoms with Gasteiger partial charge in [-0.15, -0.1) is 0 Å². The van der Waals surface area contributed by atoms with Gasteiger partial charge in [0.1, 0.15) is 0 Å². The van der Waals surface area contributed by atoms with Crippen LogP contribution < -0.4 is 5.73 Å². The first-order valence-corrected chi connectivity index (χ1v) is 7.59. The van der Waals surface area contributed by atoms with E-state index >= 15 is 0 Å². The molecular weight excluding hydrogens is 248 g/mol. The van der Waals surface area contributed by atoms with Crippen LogP contribution in [0.3, 0.4) is 0 Å². The summed E-state index contributed by atoms with van der Waals surface area (Å²) in [7, 11) is 0. The van der Waals surface area contributed by atoms with Crippen molar-refractivity contribution in [3.63, 3.8) is 0 Å². The lowest BCUT2D eigenvalue weighted by Crippen LogP contribution is -2.45. The Morgan fingerprint density at radius 3 is 2.40 bits per heavy atom. The summed E-state index contributed by atoms with van der Waals surface area (Å²) in [4.78, 5) is 14.5. The average molecular weight is 274 g/mol. The molecule has 0 heterocycles. The van der Waals surface area contributed by atoms with E-state index in [4.69, 9.17) is 5.73 Å². The van der Waals surface area contributed by atoms with Crippen molar-refractivity contribution in [2.75, 3.05) is 0 Å². The molecule has 1 aliphatic carbocycles. The van der Waals surface area contributed by atoms with Crippen molar-refractivity contribution in [2.24, 2.45) is 11.7 Å². The van der Waals surface area contributed by atoms with Gasteiger partial charge in [-0.25, -0.2) is 0 Å². The molecule has 2 N–H and O–H groups in total. The molecule has 0 bridgehead atoms. The van der Waals surface area contributed by atoms with Gasteiger partial charge in [0.05, 0.1) is 6.04 Å². The van der Waals surface area contributed by atoms with Crippen LogP contribution in [0.1, 0.15) is 44.2 Å². The molecule has 0 radical (unpaired) electrons. The Labute approximate surface area is 122 Å². The number of nitrogens with zero attached hydrogens (tertiary/aromatic N) is 1. The lowest BCUT2D eigenvalue weighted by atomic mass is 10.0. The van der Waals surface area contributed by atoms with E-state index < -0.39 is 0 Å². The molecule has 0 aliphatic heterocycles. The molecule has 1 amide bonds. The summed E-state index contributed by atoms with van der Waals surface area (Å²) in [6.45, 7) is 6.98. The Kier molecular flexibility index (Phi) is 4.81. The molecule has 2 rings (SSSR count). The number of rotatable bonds is 6. The molecule has 1 aromatic carbocycles. The van der Waals surface area contributed by atoms with Gasteiger partial charge >= 0.3 is 0 Å². The summed E-state index contributed by atoms with van der Waals surface area (Å²) >= 11 is 0. The van der Waals surface area contributed by atoms with Crippen LogP contribution in [0, 0.1) is 12.8 Å². The molecule has 3 nitrogen and oxygen atoms in total. The summed E-state index contributed by atoms with van der Waals surface area (Å²) in [5.74, 6) is 0.566. The van der Waals surface area contributed by atoms with E-state index in [1.165, 1.54) is 11.1 Å². The topological polar surface area (TPSA) is 46.3 Å². The lowest BCUT2D eigenvalue weighted by Gasteiger charge is -2.26. The number of hydrogen-bond acceptors (Lipinski definition) is 2. The van der Waals surface area contributed by atoms with Crippen LogP contribution >= 0.6 is 0 Å². The fraction of sp³-hybridized carbons (Fsp3) is 0.588. The van der Waals surface area contributed by atoms with Crippen molar-refractivity contribution in [1.82, 2.24) is 4.90 Å². The van der Waals surface area contributed by atoms with Gasteiger partial charge in [0, 0.05) is 12.6 Å². The molecule has 110 valence electrons. The standard InChI is InChI=1S/C17H26N2O/c1-12(2)10-16(18)17(20)19(15-8-9-15)11-14-6-4-13(3)5-7-14/h4-7,12,15-16H,8-11,18H2,1-3H3. The summed E-state index contributed by atoms with van der Waals surface area (Å²) in [5.41, 5.74) is 8.50. The van der Waals surface area contributed by atoms with Crippen LogP contribution in [0.25, 0.3) is 0 Å². The average Bonchev–Trinajstić information content (AvgIpc) is 3.21. The first-order valence-electron chi connectivity index (χ1n) is 7.59. The molecule has 1 aliphatic rings. The largest absolute Gasteiger partial charge is 0.334 e. The predicted octanol–water partition coefficient (Wildman–Crippen LogP) is 2.86. The van der Waals surface area contributed by atoms with E-state index in [0.29, 0.717) is 18.5 Å². The van der Waals surface area contributed by atoms with E-state index in [0.717, 1.165) is 19.3 Å². The van der Waals surface area contributed by atoms with Crippen LogP contribution in [0.2, 0.25) is 0 Å². The summed E-state index contributed by atoms with van der Waals surface area (Å²) in [6.07, 6.45) is 2.99. The van der Waals surface area contributed by atoms with Crippen molar-refractivity contribution in [3.05, 3.63) is 35.4 Å². The summed E-state index contributed by atoms with van der Waals surface area (Å²) in [5, 5.41) is 0. The highest BCUT2D eigenvalue weighted by atomic mass is 16.2. The maximum absolute atomic E-state index is 12.5. The Balaban J connectivity index is 2.03. The molecule has 0 spiro atoms. The van der Waals surface area contributed by atoms with Crippen molar-refractivity contribution < 1.29 is 4.79 Å². The number of benzene rings is 1. The summed E-state index contributed by atoms with van der Waals surface area (Å²) in [6, 6.07) is 8.44. The van der Waals surface area contributed by atoms with Crippen LogP contribution in [-0.2, 0) is 11.3 Å². The molecule has 3 heteroatoms. The van der Waals surface area contributed by atoms with E-state index in [1.807, 2.05) is 4.90 Å². The number of nitrogens with two attached hydrogens (primary N) is 1. The number of amides is 1. The zero-order chi connectivity index (χ0) is 14.7. The maximum atomic E-state index is 12.5. The third kappa shape index (κ3) is 4.07. The predicted molar refractivity (Wildman–Crippen MR) is 82.2 cm³/mol. The van der Waals surface area contributed by atoms with Crippen LogP contribution in [0.5, 0.6) is 0 Å². The maximum Gasteiger partial charge on any atom is 0.240 e. The van der Waals surface area contributed by atoms with Gasteiger partial charge in [-0.2, -0.15) is 0 Å². The molecule has 1 unspecified atom stereocenters. The minimum absolute atomic E-state index is 0.113.